The maximum absolute atomic E-state index is 11.2. The molecule has 0 aliphatic rings. The van der Waals surface area contributed by atoms with Gasteiger partial charge in [0.1, 0.15) is 0 Å². The Kier molecular flexibility index (Phi) is 4.42. The molecule has 0 bridgehead atoms. The third-order valence-corrected chi connectivity index (χ3v) is 3.96. The van der Waals surface area contributed by atoms with E-state index in [0.29, 0.717) is 0 Å². The molecule has 8 heteroatoms. The first-order chi connectivity index (χ1) is 8.95. The van der Waals surface area contributed by atoms with E-state index in [1.54, 1.807) is 20.8 Å². The zero-order valence-corrected chi connectivity index (χ0v) is 12.2. The molecule has 0 aromatic heterocycles. The molecule has 0 spiro atoms. The van der Waals surface area contributed by atoms with Gasteiger partial charge in [-0.05, 0) is 39.0 Å². The summed E-state index contributed by atoms with van der Waals surface area (Å²) in [6.45, 7) is 4.94. The highest BCUT2D eigenvalue weighted by Gasteiger charge is 2.26. The number of nitrogens with one attached hydrogen (secondary N) is 1. The van der Waals surface area contributed by atoms with Crippen LogP contribution >= 0.6 is 0 Å². The number of aliphatic hydroxyl groups is 1. The molecule has 0 aliphatic heterocycles. The topological polar surface area (TPSA) is 130 Å². The molecular weight excluding hydrogens is 284 g/mol. The number of benzene rings is 1. The lowest BCUT2D eigenvalue weighted by Gasteiger charge is -2.31. The summed E-state index contributed by atoms with van der Waals surface area (Å²) in [4.78, 5) is 10.9. The van der Waals surface area contributed by atoms with Gasteiger partial charge in [0.25, 0.3) is 0 Å². The van der Waals surface area contributed by atoms with Gasteiger partial charge in [0.15, 0.2) is 0 Å². The molecule has 20 heavy (non-hydrogen) atoms. The Bertz CT molecular complexity index is 623. The van der Waals surface area contributed by atoms with E-state index in [9.17, 15) is 18.3 Å². The number of primary sulfonamides is 1. The van der Waals surface area contributed by atoms with Crippen molar-refractivity contribution >= 4 is 21.7 Å². The number of aliphatic hydroxyl groups excluding tert-OH is 1. The molecule has 1 aromatic carbocycles. The van der Waals surface area contributed by atoms with Gasteiger partial charge in [-0.15, -0.1) is 0 Å². The van der Waals surface area contributed by atoms with Crippen molar-refractivity contribution < 1.29 is 23.4 Å². The second-order valence-electron chi connectivity index (χ2n) is 5.08. The monoisotopic (exact) mass is 302 g/mol. The van der Waals surface area contributed by atoms with Crippen LogP contribution in [0.25, 0.3) is 0 Å². The van der Waals surface area contributed by atoms with Crippen LogP contribution in [0.5, 0.6) is 0 Å². The van der Waals surface area contributed by atoms with E-state index in [1.165, 1.54) is 12.1 Å². The lowest BCUT2D eigenvalue weighted by Crippen LogP contribution is -2.42. The average Bonchev–Trinajstić information content (AvgIpc) is 2.26. The summed E-state index contributed by atoms with van der Waals surface area (Å²) in [5.41, 5.74) is -0.811. The van der Waals surface area contributed by atoms with Crippen LogP contribution in [0.1, 0.15) is 31.1 Å². The zero-order valence-electron chi connectivity index (χ0n) is 11.4. The molecule has 7 nitrogen and oxygen atoms in total. The fourth-order valence-corrected chi connectivity index (χ4v) is 1.98. The van der Waals surface area contributed by atoms with Crippen LogP contribution in [-0.2, 0) is 10.0 Å². The first-order valence-electron chi connectivity index (χ1n) is 5.81. The summed E-state index contributed by atoms with van der Waals surface area (Å²) in [5.74, 6) is -1.29. The Morgan fingerprint density at radius 3 is 2.35 bits per heavy atom. The van der Waals surface area contributed by atoms with Crippen molar-refractivity contribution in [2.75, 3.05) is 5.32 Å². The van der Waals surface area contributed by atoms with Crippen molar-refractivity contribution in [1.82, 2.24) is 0 Å². The van der Waals surface area contributed by atoms with Gasteiger partial charge in [0.2, 0.25) is 10.0 Å². The molecule has 1 unspecified atom stereocenters. The average molecular weight is 302 g/mol. The summed E-state index contributed by atoms with van der Waals surface area (Å²) in [7, 11) is -3.98. The van der Waals surface area contributed by atoms with Crippen molar-refractivity contribution in [2.45, 2.75) is 37.3 Å². The van der Waals surface area contributed by atoms with Crippen molar-refractivity contribution in [3.05, 3.63) is 23.8 Å². The Hall–Kier alpha value is -1.64. The summed E-state index contributed by atoms with van der Waals surface area (Å²) < 4.78 is 22.5. The number of nitrogens with two attached hydrogens (primary N) is 1. The van der Waals surface area contributed by atoms with E-state index in [1.807, 2.05) is 0 Å². The van der Waals surface area contributed by atoms with Crippen molar-refractivity contribution in [2.24, 2.45) is 5.14 Å². The predicted molar refractivity (Wildman–Crippen MR) is 74.2 cm³/mol. The van der Waals surface area contributed by atoms with E-state index in [0.717, 1.165) is 6.07 Å². The summed E-state index contributed by atoms with van der Waals surface area (Å²) >= 11 is 0. The van der Waals surface area contributed by atoms with Crippen LogP contribution in [0.2, 0.25) is 0 Å². The molecule has 0 aliphatic carbocycles. The molecule has 1 atom stereocenters. The van der Waals surface area contributed by atoms with E-state index in [2.05, 4.69) is 5.32 Å². The highest BCUT2D eigenvalue weighted by Crippen LogP contribution is 2.24. The van der Waals surface area contributed by atoms with Crippen LogP contribution in [-0.4, -0.2) is 36.2 Å². The first-order valence-corrected chi connectivity index (χ1v) is 7.36. The second-order valence-corrected chi connectivity index (χ2v) is 6.64. The Morgan fingerprint density at radius 1 is 1.40 bits per heavy atom. The molecule has 5 N–H and O–H groups in total. The maximum Gasteiger partial charge on any atom is 0.337 e. The number of hydrogen-bond donors (Lipinski definition) is 4. The minimum Gasteiger partial charge on any atom is -0.478 e. The van der Waals surface area contributed by atoms with Crippen molar-refractivity contribution in [3.8, 4) is 0 Å². The highest BCUT2D eigenvalue weighted by molar-refractivity contribution is 7.89. The standard InChI is InChI=1S/C12H18N2O5S/c1-7(15)12(2,3)14-10-5-4-8(20(13,18)19)6-9(10)11(16)17/h4-7,14-15H,1-3H3,(H,16,17)(H2,13,18,19). The lowest BCUT2D eigenvalue weighted by atomic mass is 9.97. The molecule has 0 saturated carbocycles. The Balaban J connectivity index is 3.32. The smallest absolute Gasteiger partial charge is 0.337 e. The number of hydrogen-bond acceptors (Lipinski definition) is 5. The van der Waals surface area contributed by atoms with Gasteiger partial charge in [0, 0.05) is 5.69 Å². The van der Waals surface area contributed by atoms with Crippen LogP contribution in [0.4, 0.5) is 5.69 Å². The molecule has 1 aromatic rings. The SMILES string of the molecule is CC(O)C(C)(C)Nc1ccc(S(N)(=O)=O)cc1C(=O)O. The van der Waals surface area contributed by atoms with Gasteiger partial charge in [-0.2, -0.15) is 0 Å². The highest BCUT2D eigenvalue weighted by atomic mass is 32.2. The predicted octanol–water partition coefficient (Wildman–Crippen LogP) is 0.603. The van der Waals surface area contributed by atoms with Gasteiger partial charge in [-0.25, -0.2) is 18.4 Å². The molecule has 112 valence electrons. The fraction of sp³-hybridized carbons (Fsp3) is 0.417. The van der Waals surface area contributed by atoms with Crippen molar-refractivity contribution in [1.29, 1.82) is 0 Å². The van der Waals surface area contributed by atoms with Gasteiger partial charge < -0.3 is 15.5 Å². The summed E-state index contributed by atoms with van der Waals surface area (Å²) in [5, 5.41) is 26.6. The maximum atomic E-state index is 11.2. The number of anilines is 1. The van der Waals surface area contributed by atoms with E-state index >= 15 is 0 Å². The Labute approximate surface area is 117 Å². The molecule has 1 rings (SSSR count). The number of aromatic carboxylic acids is 1. The van der Waals surface area contributed by atoms with Crippen LogP contribution in [0.15, 0.2) is 23.1 Å². The summed E-state index contributed by atoms with van der Waals surface area (Å²) in [6.07, 6.45) is -0.748. The van der Waals surface area contributed by atoms with Crippen LogP contribution in [0, 0.1) is 0 Å². The summed E-state index contributed by atoms with van der Waals surface area (Å²) in [6, 6.07) is 3.51. The van der Waals surface area contributed by atoms with E-state index in [4.69, 9.17) is 10.2 Å². The zero-order chi connectivity index (χ0) is 15.7. The minimum absolute atomic E-state index is 0.204. The quantitative estimate of drug-likeness (QED) is 0.630. The molecule has 0 saturated heterocycles. The van der Waals surface area contributed by atoms with Crippen LogP contribution in [0.3, 0.4) is 0 Å². The largest absolute Gasteiger partial charge is 0.478 e. The van der Waals surface area contributed by atoms with E-state index in [-0.39, 0.29) is 16.1 Å². The number of rotatable bonds is 5. The number of carboxylic acid groups (broad SMARTS) is 1. The Morgan fingerprint density at radius 2 is 1.95 bits per heavy atom. The van der Waals surface area contributed by atoms with Gasteiger partial charge in [0.05, 0.1) is 22.1 Å². The lowest BCUT2D eigenvalue weighted by molar-refractivity contribution is 0.0697. The van der Waals surface area contributed by atoms with Gasteiger partial charge in [-0.1, -0.05) is 0 Å². The molecular formula is C12H18N2O5S. The molecule has 0 amide bonds. The number of sulfonamides is 1. The van der Waals surface area contributed by atoms with Crippen molar-refractivity contribution in [3.63, 3.8) is 0 Å². The molecule has 0 fully saturated rings. The number of carbonyl (C=O) groups is 1. The first kappa shape index (κ1) is 16.4. The number of carboxylic acids is 1. The minimum atomic E-state index is -3.98. The van der Waals surface area contributed by atoms with Gasteiger partial charge in [-0.3, -0.25) is 0 Å². The second kappa shape index (κ2) is 5.39. The fourth-order valence-electron chi connectivity index (χ4n) is 1.44. The van der Waals surface area contributed by atoms with Gasteiger partial charge >= 0.3 is 5.97 Å². The molecule has 0 radical (unpaired) electrons. The molecule has 0 heterocycles. The van der Waals surface area contributed by atoms with Crippen LogP contribution < -0.4 is 10.5 Å². The third-order valence-electron chi connectivity index (χ3n) is 3.05. The normalized spacial score (nSPS) is 13.8. The third kappa shape index (κ3) is 3.69. The van der Waals surface area contributed by atoms with E-state index < -0.39 is 27.6 Å².